The summed E-state index contributed by atoms with van der Waals surface area (Å²) in [6, 6.07) is 2.36. The standard InChI is InChI=1S/C13H13FN4O4/c1-7-11(20)17(6-10(19)16-12(15)21)13(22)18(7)9-4-2-8(14)3-5-9/h2-5,7H,6H2,1H3,(H3,15,16,19,21)/t7-/m1/s1. The van der Waals surface area contributed by atoms with E-state index in [1.54, 1.807) is 5.32 Å². The Labute approximate surface area is 124 Å². The average molecular weight is 308 g/mol. The first-order chi connectivity index (χ1) is 10.3. The molecule has 0 aliphatic carbocycles. The molecule has 22 heavy (non-hydrogen) atoms. The minimum absolute atomic E-state index is 0.324. The highest BCUT2D eigenvalue weighted by Gasteiger charge is 2.44. The van der Waals surface area contributed by atoms with Crippen molar-refractivity contribution in [2.24, 2.45) is 5.73 Å². The molecule has 0 unspecified atom stereocenters. The Bertz CT molecular complexity index is 646. The number of urea groups is 2. The number of anilines is 1. The lowest BCUT2D eigenvalue weighted by atomic mass is 10.2. The van der Waals surface area contributed by atoms with Gasteiger partial charge in [0.05, 0.1) is 0 Å². The van der Waals surface area contributed by atoms with Crippen molar-refractivity contribution in [1.29, 1.82) is 0 Å². The Morgan fingerprint density at radius 1 is 1.27 bits per heavy atom. The van der Waals surface area contributed by atoms with Crippen molar-refractivity contribution in [3.8, 4) is 0 Å². The van der Waals surface area contributed by atoms with Gasteiger partial charge in [0, 0.05) is 5.69 Å². The highest BCUT2D eigenvalue weighted by molar-refractivity contribution is 6.15. The Balaban J connectivity index is 2.20. The summed E-state index contributed by atoms with van der Waals surface area (Å²) in [5, 5.41) is 1.77. The van der Waals surface area contributed by atoms with Crippen molar-refractivity contribution in [2.45, 2.75) is 13.0 Å². The van der Waals surface area contributed by atoms with Crippen LogP contribution in [0.5, 0.6) is 0 Å². The molecule has 1 aliphatic rings. The van der Waals surface area contributed by atoms with E-state index in [9.17, 15) is 23.6 Å². The number of nitrogens with zero attached hydrogens (tertiary/aromatic N) is 2. The molecule has 1 aliphatic heterocycles. The number of amides is 6. The quantitative estimate of drug-likeness (QED) is 0.775. The van der Waals surface area contributed by atoms with Gasteiger partial charge in [-0.25, -0.2) is 14.0 Å². The molecule has 0 saturated carbocycles. The number of hydrogen-bond donors (Lipinski definition) is 2. The molecule has 1 aromatic rings. The maximum absolute atomic E-state index is 12.9. The molecule has 8 nitrogen and oxygen atoms in total. The van der Waals surface area contributed by atoms with E-state index in [4.69, 9.17) is 5.73 Å². The Kier molecular flexibility index (Phi) is 4.06. The first-order valence-corrected chi connectivity index (χ1v) is 6.30. The third-order valence-corrected chi connectivity index (χ3v) is 3.12. The molecular formula is C13H13FN4O4. The molecule has 9 heteroatoms. The van der Waals surface area contributed by atoms with Gasteiger partial charge in [0.1, 0.15) is 18.4 Å². The molecule has 1 fully saturated rings. The number of halogens is 1. The molecule has 6 amide bonds. The molecule has 2 rings (SSSR count). The van der Waals surface area contributed by atoms with E-state index < -0.39 is 42.3 Å². The third-order valence-electron chi connectivity index (χ3n) is 3.12. The Morgan fingerprint density at radius 2 is 1.86 bits per heavy atom. The van der Waals surface area contributed by atoms with Gasteiger partial charge in [0.25, 0.3) is 5.91 Å². The molecule has 1 saturated heterocycles. The summed E-state index contributed by atoms with van der Waals surface area (Å²) in [5.41, 5.74) is 5.12. The first-order valence-electron chi connectivity index (χ1n) is 6.30. The fraction of sp³-hybridized carbons (Fsp3) is 0.231. The van der Waals surface area contributed by atoms with Crippen molar-refractivity contribution in [1.82, 2.24) is 10.2 Å². The number of nitrogens with one attached hydrogen (secondary N) is 1. The maximum atomic E-state index is 12.9. The zero-order valence-corrected chi connectivity index (χ0v) is 11.6. The number of nitrogens with two attached hydrogens (primary N) is 1. The lowest BCUT2D eigenvalue weighted by Gasteiger charge is -2.19. The van der Waals surface area contributed by atoms with Gasteiger partial charge in [-0.15, -0.1) is 0 Å². The second kappa shape index (κ2) is 5.80. The zero-order chi connectivity index (χ0) is 16.4. The smallest absolute Gasteiger partial charge is 0.332 e. The van der Waals surface area contributed by atoms with Crippen LogP contribution in [0.15, 0.2) is 24.3 Å². The van der Waals surface area contributed by atoms with Crippen LogP contribution in [0, 0.1) is 5.82 Å². The minimum atomic E-state index is -1.08. The highest BCUT2D eigenvalue weighted by atomic mass is 19.1. The molecular weight excluding hydrogens is 295 g/mol. The monoisotopic (exact) mass is 308 g/mol. The number of hydrogen-bond acceptors (Lipinski definition) is 4. The number of primary amides is 1. The summed E-state index contributed by atoms with van der Waals surface area (Å²) in [7, 11) is 0. The number of carbonyl (C=O) groups excluding carboxylic acids is 4. The van der Waals surface area contributed by atoms with Gasteiger partial charge in [0.15, 0.2) is 0 Å². The number of carbonyl (C=O) groups is 4. The Morgan fingerprint density at radius 3 is 2.41 bits per heavy atom. The first kappa shape index (κ1) is 15.4. The SMILES string of the molecule is C[C@@H]1C(=O)N(CC(=O)NC(N)=O)C(=O)N1c1ccc(F)cc1. The lowest BCUT2D eigenvalue weighted by molar-refractivity contribution is -0.131. The molecule has 0 aromatic heterocycles. The highest BCUT2D eigenvalue weighted by Crippen LogP contribution is 2.25. The lowest BCUT2D eigenvalue weighted by Crippen LogP contribution is -2.44. The summed E-state index contributed by atoms with van der Waals surface area (Å²) < 4.78 is 12.9. The van der Waals surface area contributed by atoms with E-state index in [0.29, 0.717) is 10.6 Å². The van der Waals surface area contributed by atoms with Crippen LogP contribution in [-0.2, 0) is 9.59 Å². The van der Waals surface area contributed by atoms with Crippen molar-refractivity contribution >= 4 is 29.6 Å². The number of benzene rings is 1. The fourth-order valence-corrected chi connectivity index (χ4v) is 2.13. The second-order valence-electron chi connectivity index (χ2n) is 4.64. The molecule has 3 N–H and O–H groups in total. The predicted octanol–water partition coefficient (Wildman–Crippen LogP) is 0.178. The minimum Gasteiger partial charge on any atom is -0.351 e. The maximum Gasteiger partial charge on any atom is 0.332 e. The predicted molar refractivity (Wildman–Crippen MR) is 73.2 cm³/mol. The number of rotatable bonds is 3. The van der Waals surface area contributed by atoms with Crippen LogP contribution >= 0.6 is 0 Å². The molecule has 0 spiro atoms. The third kappa shape index (κ3) is 2.87. The van der Waals surface area contributed by atoms with Crippen molar-refractivity contribution < 1.29 is 23.6 Å². The van der Waals surface area contributed by atoms with Gasteiger partial charge in [-0.05, 0) is 31.2 Å². The van der Waals surface area contributed by atoms with Crippen molar-refractivity contribution in [2.75, 3.05) is 11.4 Å². The Hall–Kier alpha value is -2.97. The topological polar surface area (TPSA) is 113 Å². The molecule has 0 bridgehead atoms. The molecule has 1 heterocycles. The van der Waals surface area contributed by atoms with Crippen LogP contribution < -0.4 is 16.0 Å². The van der Waals surface area contributed by atoms with Crippen LogP contribution in [0.25, 0.3) is 0 Å². The largest absolute Gasteiger partial charge is 0.351 e. The van der Waals surface area contributed by atoms with Gasteiger partial charge in [-0.3, -0.25) is 24.7 Å². The van der Waals surface area contributed by atoms with Gasteiger partial charge < -0.3 is 5.73 Å². The zero-order valence-electron chi connectivity index (χ0n) is 11.6. The van der Waals surface area contributed by atoms with Gasteiger partial charge >= 0.3 is 12.1 Å². The van der Waals surface area contributed by atoms with E-state index in [-0.39, 0.29) is 0 Å². The van der Waals surface area contributed by atoms with E-state index in [2.05, 4.69) is 0 Å². The van der Waals surface area contributed by atoms with Crippen LogP contribution in [0.1, 0.15) is 6.92 Å². The van der Waals surface area contributed by atoms with Crippen LogP contribution in [0.3, 0.4) is 0 Å². The summed E-state index contributed by atoms with van der Waals surface area (Å²) >= 11 is 0. The average Bonchev–Trinajstić information content (AvgIpc) is 2.63. The van der Waals surface area contributed by atoms with E-state index in [1.807, 2.05) is 0 Å². The fourth-order valence-electron chi connectivity index (χ4n) is 2.13. The van der Waals surface area contributed by atoms with Gasteiger partial charge in [-0.1, -0.05) is 0 Å². The number of imide groups is 2. The summed E-state index contributed by atoms with van der Waals surface area (Å²) in [6.07, 6.45) is 0. The second-order valence-corrected chi connectivity index (χ2v) is 4.64. The van der Waals surface area contributed by atoms with E-state index >= 15 is 0 Å². The normalized spacial score (nSPS) is 17.8. The van der Waals surface area contributed by atoms with Crippen LogP contribution in [0.4, 0.5) is 19.7 Å². The molecule has 0 radical (unpaired) electrons. The molecule has 1 atom stereocenters. The molecule has 1 aromatic carbocycles. The van der Waals surface area contributed by atoms with Crippen LogP contribution in [-0.4, -0.2) is 41.4 Å². The van der Waals surface area contributed by atoms with Crippen molar-refractivity contribution in [3.05, 3.63) is 30.1 Å². The summed E-state index contributed by atoms with van der Waals surface area (Å²) in [5.74, 6) is -1.96. The van der Waals surface area contributed by atoms with Gasteiger partial charge in [0.2, 0.25) is 5.91 Å². The van der Waals surface area contributed by atoms with E-state index in [0.717, 1.165) is 17.0 Å². The van der Waals surface area contributed by atoms with Gasteiger partial charge in [-0.2, -0.15) is 0 Å². The summed E-state index contributed by atoms with van der Waals surface area (Å²) in [4.78, 5) is 48.2. The van der Waals surface area contributed by atoms with Crippen LogP contribution in [0.2, 0.25) is 0 Å². The summed E-state index contributed by atoms with van der Waals surface area (Å²) in [6.45, 7) is 0.859. The van der Waals surface area contributed by atoms with E-state index in [1.165, 1.54) is 19.1 Å². The molecule has 116 valence electrons. The van der Waals surface area contributed by atoms with Crippen molar-refractivity contribution in [3.63, 3.8) is 0 Å².